The summed E-state index contributed by atoms with van der Waals surface area (Å²) in [5.41, 5.74) is 10.9. The Morgan fingerprint density at radius 2 is 2.22 bits per heavy atom. The number of benzene rings is 1. The molecule has 0 amide bonds. The third kappa shape index (κ3) is 4.29. The van der Waals surface area contributed by atoms with Crippen molar-refractivity contribution in [2.45, 2.75) is 38.7 Å². The zero-order valence-corrected chi connectivity index (χ0v) is 12.7. The molecule has 0 N–H and O–H groups in total. The molecule has 0 spiro atoms. The van der Waals surface area contributed by atoms with Crippen molar-refractivity contribution in [2.24, 2.45) is 5.11 Å². The molecule has 1 unspecified atom stereocenters. The van der Waals surface area contributed by atoms with Crippen molar-refractivity contribution < 1.29 is 9.47 Å². The van der Waals surface area contributed by atoms with Gasteiger partial charge in [0.1, 0.15) is 5.69 Å². The molecule has 0 saturated carbocycles. The van der Waals surface area contributed by atoms with Crippen LogP contribution in [0.3, 0.4) is 0 Å². The van der Waals surface area contributed by atoms with Gasteiger partial charge in [0, 0.05) is 11.5 Å². The highest BCUT2D eigenvalue weighted by Gasteiger charge is 2.14. The first-order chi connectivity index (χ1) is 11.3. The van der Waals surface area contributed by atoms with Crippen LogP contribution >= 0.6 is 0 Å². The van der Waals surface area contributed by atoms with Crippen molar-refractivity contribution in [1.82, 2.24) is 15.0 Å². The Balaban J connectivity index is 1.58. The maximum absolute atomic E-state index is 8.32. The maximum atomic E-state index is 8.32. The van der Waals surface area contributed by atoms with E-state index in [1.807, 2.05) is 30.5 Å². The highest BCUT2D eigenvalue weighted by atomic mass is 16.7. The SMILES string of the molecule is [N-]=[N+]=NCc1ccc(-n2cc(COC3CCCCO3)nn2)cc1. The van der Waals surface area contributed by atoms with Gasteiger partial charge in [-0.25, -0.2) is 4.68 Å². The lowest BCUT2D eigenvalue weighted by Crippen LogP contribution is -2.22. The molecule has 1 aromatic heterocycles. The normalized spacial score (nSPS) is 17.7. The molecule has 1 atom stereocenters. The smallest absolute Gasteiger partial charge is 0.158 e. The van der Waals surface area contributed by atoms with E-state index < -0.39 is 0 Å². The number of nitrogens with zero attached hydrogens (tertiary/aromatic N) is 6. The van der Waals surface area contributed by atoms with Gasteiger partial charge in [-0.3, -0.25) is 0 Å². The predicted octanol–water partition coefficient (Wildman–Crippen LogP) is 3.12. The standard InChI is InChI=1S/C15H18N6O2/c16-19-17-9-12-4-6-14(7-5-12)21-10-13(18-20-21)11-23-15-3-1-2-8-22-15/h4-7,10,15H,1-3,8-9,11H2. The number of ether oxygens (including phenoxy) is 2. The van der Waals surface area contributed by atoms with E-state index in [9.17, 15) is 0 Å². The number of azide groups is 1. The van der Waals surface area contributed by atoms with Crippen molar-refractivity contribution in [3.8, 4) is 5.69 Å². The van der Waals surface area contributed by atoms with Crippen LogP contribution in [-0.4, -0.2) is 27.9 Å². The first kappa shape index (κ1) is 15.5. The largest absolute Gasteiger partial charge is 0.353 e. The molecule has 120 valence electrons. The summed E-state index contributed by atoms with van der Waals surface area (Å²) < 4.78 is 12.9. The molecule has 1 saturated heterocycles. The van der Waals surface area contributed by atoms with Crippen LogP contribution in [0.4, 0.5) is 0 Å². The van der Waals surface area contributed by atoms with Gasteiger partial charge in [-0.15, -0.1) is 5.10 Å². The first-order valence-corrected chi connectivity index (χ1v) is 7.60. The van der Waals surface area contributed by atoms with Gasteiger partial charge in [0.15, 0.2) is 6.29 Å². The van der Waals surface area contributed by atoms with Gasteiger partial charge in [-0.05, 0) is 42.5 Å². The molecule has 8 heteroatoms. The van der Waals surface area contributed by atoms with Gasteiger partial charge in [0.2, 0.25) is 0 Å². The molecule has 1 aliphatic rings. The van der Waals surface area contributed by atoms with Gasteiger partial charge in [-0.2, -0.15) is 0 Å². The lowest BCUT2D eigenvalue weighted by atomic mass is 10.2. The van der Waals surface area contributed by atoms with Crippen molar-refractivity contribution in [2.75, 3.05) is 6.61 Å². The second kappa shape index (κ2) is 7.73. The molecule has 23 heavy (non-hydrogen) atoms. The topological polar surface area (TPSA) is 97.9 Å². The average Bonchev–Trinajstić information content (AvgIpc) is 3.08. The third-order valence-corrected chi connectivity index (χ3v) is 3.61. The maximum Gasteiger partial charge on any atom is 0.158 e. The van der Waals surface area contributed by atoms with E-state index in [2.05, 4.69) is 20.3 Å². The molecule has 0 bridgehead atoms. The van der Waals surface area contributed by atoms with E-state index >= 15 is 0 Å². The van der Waals surface area contributed by atoms with Crippen molar-refractivity contribution in [3.63, 3.8) is 0 Å². The summed E-state index contributed by atoms with van der Waals surface area (Å²) in [7, 11) is 0. The van der Waals surface area contributed by atoms with Crippen LogP contribution in [0.15, 0.2) is 35.6 Å². The van der Waals surface area contributed by atoms with E-state index in [1.54, 1.807) is 4.68 Å². The van der Waals surface area contributed by atoms with Crippen LogP contribution in [0.5, 0.6) is 0 Å². The molecule has 1 aromatic carbocycles. The van der Waals surface area contributed by atoms with Crippen LogP contribution in [0.1, 0.15) is 30.5 Å². The summed E-state index contributed by atoms with van der Waals surface area (Å²) in [6, 6.07) is 7.62. The average molecular weight is 314 g/mol. The van der Waals surface area contributed by atoms with E-state index in [4.69, 9.17) is 15.0 Å². The summed E-state index contributed by atoms with van der Waals surface area (Å²) >= 11 is 0. The van der Waals surface area contributed by atoms with Crippen molar-refractivity contribution >= 4 is 0 Å². The van der Waals surface area contributed by atoms with E-state index in [-0.39, 0.29) is 6.29 Å². The van der Waals surface area contributed by atoms with Crippen LogP contribution < -0.4 is 0 Å². The molecule has 1 fully saturated rings. The molecule has 8 nitrogen and oxygen atoms in total. The van der Waals surface area contributed by atoms with Gasteiger partial charge < -0.3 is 9.47 Å². The van der Waals surface area contributed by atoms with E-state index in [0.717, 1.165) is 42.8 Å². The Morgan fingerprint density at radius 1 is 1.35 bits per heavy atom. The van der Waals surface area contributed by atoms with Crippen LogP contribution in [0, 0.1) is 0 Å². The fourth-order valence-electron chi connectivity index (χ4n) is 2.38. The van der Waals surface area contributed by atoms with Crippen LogP contribution in [-0.2, 0) is 22.6 Å². The second-order valence-corrected chi connectivity index (χ2v) is 5.32. The van der Waals surface area contributed by atoms with Crippen molar-refractivity contribution in [3.05, 3.63) is 52.2 Å². The van der Waals surface area contributed by atoms with Gasteiger partial charge >= 0.3 is 0 Å². The highest BCUT2D eigenvalue weighted by molar-refractivity contribution is 5.33. The van der Waals surface area contributed by atoms with Crippen LogP contribution in [0.25, 0.3) is 16.1 Å². The fraction of sp³-hybridized carbons (Fsp3) is 0.467. The predicted molar refractivity (Wildman–Crippen MR) is 82.6 cm³/mol. The number of rotatable bonds is 6. The molecule has 0 radical (unpaired) electrons. The number of hydrogen-bond acceptors (Lipinski definition) is 5. The lowest BCUT2D eigenvalue weighted by Gasteiger charge is -2.22. The quantitative estimate of drug-likeness (QED) is 0.464. The molecular formula is C15H18N6O2. The lowest BCUT2D eigenvalue weighted by molar-refractivity contribution is -0.169. The second-order valence-electron chi connectivity index (χ2n) is 5.32. The molecule has 1 aliphatic heterocycles. The fourth-order valence-corrected chi connectivity index (χ4v) is 2.38. The number of hydrogen-bond donors (Lipinski definition) is 0. The summed E-state index contributed by atoms with van der Waals surface area (Å²) in [5.74, 6) is 0. The Hall–Kier alpha value is -2.41. The monoisotopic (exact) mass is 314 g/mol. The van der Waals surface area contributed by atoms with Crippen LogP contribution in [0.2, 0.25) is 0 Å². The molecule has 0 aliphatic carbocycles. The Morgan fingerprint density at radius 3 is 2.96 bits per heavy atom. The zero-order chi connectivity index (χ0) is 15.9. The minimum absolute atomic E-state index is 0.131. The first-order valence-electron chi connectivity index (χ1n) is 7.60. The van der Waals surface area contributed by atoms with E-state index in [0.29, 0.717) is 13.2 Å². The van der Waals surface area contributed by atoms with Crippen molar-refractivity contribution in [1.29, 1.82) is 0 Å². The van der Waals surface area contributed by atoms with Gasteiger partial charge in [0.25, 0.3) is 0 Å². The van der Waals surface area contributed by atoms with Gasteiger partial charge in [0.05, 0.1) is 25.0 Å². The highest BCUT2D eigenvalue weighted by Crippen LogP contribution is 2.15. The number of aromatic nitrogens is 3. The summed E-state index contributed by atoms with van der Waals surface area (Å²) in [5, 5.41) is 11.8. The minimum Gasteiger partial charge on any atom is -0.353 e. The minimum atomic E-state index is -0.131. The summed E-state index contributed by atoms with van der Waals surface area (Å²) in [4.78, 5) is 2.75. The Kier molecular flexibility index (Phi) is 5.21. The molecule has 2 aromatic rings. The Bertz CT molecular complexity index is 672. The summed E-state index contributed by atoms with van der Waals surface area (Å²) in [6.07, 6.45) is 4.88. The van der Waals surface area contributed by atoms with E-state index in [1.165, 1.54) is 0 Å². The molecule has 2 heterocycles. The third-order valence-electron chi connectivity index (χ3n) is 3.61. The zero-order valence-electron chi connectivity index (χ0n) is 12.7. The van der Waals surface area contributed by atoms with Gasteiger partial charge in [-0.1, -0.05) is 22.5 Å². The molecule has 3 rings (SSSR count). The molecular weight excluding hydrogens is 296 g/mol. The Labute approximate surface area is 133 Å². The summed E-state index contributed by atoms with van der Waals surface area (Å²) in [6.45, 7) is 1.49.